The van der Waals surface area contributed by atoms with Gasteiger partial charge in [-0.1, -0.05) is 64.5 Å². The van der Waals surface area contributed by atoms with Gasteiger partial charge in [0.25, 0.3) is 0 Å². The molecule has 1 amide bonds. The number of amides is 1. The van der Waals surface area contributed by atoms with Gasteiger partial charge in [0.1, 0.15) is 5.82 Å². The van der Waals surface area contributed by atoms with Gasteiger partial charge in [0.05, 0.1) is 12.5 Å². The lowest BCUT2D eigenvalue weighted by atomic mass is 10.0. The Balaban J connectivity index is 0.000000292. The molecule has 0 spiro atoms. The Morgan fingerprint density at radius 1 is 1.08 bits per heavy atom. The molecule has 0 bridgehead atoms. The minimum absolute atomic E-state index is 0.0519. The first-order valence-electron chi connectivity index (χ1n) is 7.95. The molecule has 1 unspecified atom stereocenters. The number of allylic oxidation sites excluding steroid dienone is 1. The molecule has 1 heterocycles. The maximum absolute atomic E-state index is 12.0. The largest absolute Gasteiger partial charge is 0.364 e. The van der Waals surface area contributed by atoms with Crippen molar-refractivity contribution in [2.45, 2.75) is 26.3 Å². The van der Waals surface area contributed by atoms with Gasteiger partial charge >= 0.3 is 0 Å². The highest BCUT2D eigenvalue weighted by atomic mass is 79.9. The first-order chi connectivity index (χ1) is 11.5. The fourth-order valence-corrected chi connectivity index (χ4v) is 2.96. The molecular formula is C20H23BrN2O. The van der Waals surface area contributed by atoms with Crippen molar-refractivity contribution >= 4 is 21.8 Å². The SMILES string of the molecule is CC(C)=C1NC(c2cccc(Br)c2)CC(=O)N1C.c1ccccc1. The topological polar surface area (TPSA) is 32.3 Å². The van der Waals surface area contributed by atoms with E-state index in [0.717, 1.165) is 21.4 Å². The maximum Gasteiger partial charge on any atom is 0.230 e. The Bertz CT molecular complexity index is 682. The first kappa shape index (κ1) is 18.3. The van der Waals surface area contributed by atoms with Crippen LogP contribution in [-0.4, -0.2) is 17.9 Å². The standard InChI is InChI=1S/C14H17BrN2O.C6H6/c1-9(2)14-16-12(8-13(18)17(14)3)10-5-4-6-11(15)7-10;1-2-4-6-5-3-1/h4-7,12,16H,8H2,1-3H3;1-6H. The van der Waals surface area contributed by atoms with Crippen molar-refractivity contribution in [3.05, 3.63) is 82.1 Å². The molecular weight excluding hydrogens is 364 g/mol. The van der Waals surface area contributed by atoms with Crippen molar-refractivity contribution in [3.63, 3.8) is 0 Å². The van der Waals surface area contributed by atoms with E-state index >= 15 is 0 Å². The highest BCUT2D eigenvalue weighted by molar-refractivity contribution is 9.10. The zero-order valence-electron chi connectivity index (χ0n) is 14.3. The predicted octanol–water partition coefficient (Wildman–Crippen LogP) is 4.88. The second-order valence-corrected chi connectivity index (χ2v) is 6.83. The smallest absolute Gasteiger partial charge is 0.230 e. The molecule has 1 aliphatic rings. The summed E-state index contributed by atoms with van der Waals surface area (Å²) in [5.41, 5.74) is 2.25. The Hall–Kier alpha value is -2.07. The summed E-state index contributed by atoms with van der Waals surface area (Å²) in [6.45, 7) is 4.02. The molecule has 126 valence electrons. The fraction of sp³-hybridized carbons (Fsp3) is 0.250. The van der Waals surface area contributed by atoms with E-state index in [0.29, 0.717) is 6.42 Å². The molecule has 1 saturated heterocycles. The zero-order chi connectivity index (χ0) is 17.5. The van der Waals surface area contributed by atoms with Crippen LogP contribution < -0.4 is 5.32 Å². The molecule has 0 radical (unpaired) electrons. The number of rotatable bonds is 1. The van der Waals surface area contributed by atoms with Crippen molar-refractivity contribution in [2.24, 2.45) is 0 Å². The van der Waals surface area contributed by atoms with Gasteiger partial charge in [-0.2, -0.15) is 0 Å². The van der Waals surface area contributed by atoms with E-state index in [1.54, 1.807) is 4.90 Å². The van der Waals surface area contributed by atoms with Crippen LogP contribution >= 0.6 is 15.9 Å². The van der Waals surface area contributed by atoms with E-state index in [-0.39, 0.29) is 11.9 Å². The molecule has 24 heavy (non-hydrogen) atoms. The highest BCUT2D eigenvalue weighted by Gasteiger charge is 2.28. The average molecular weight is 387 g/mol. The molecule has 1 fully saturated rings. The third-order valence-electron chi connectivity index (χ3n) is 3.79. The minimum Gasteiger partial charge on any atom is -0.364 e. The van der Waals surface area contributed by atoms with E-state index in [1.807, 2.05) is 75.5 Å². The van der Waals surface area contributed by atoms with Gasteiger partial charge in [-0.3, -0.25) is 4.79 Å². The molecule has 2 aromatic carbocycles. The van der Waals surface area contributed by atoms with Crippen LogP contribution in [0.3, 0.4) is 0 Å². The lowest BCUT2D eigenvalue weighted by Gasteiger charge is -2.34. The van der Waals surface area contributed by atoms with Crippen molar-refractivity contribution in [1.82, 2.24) is 10.2 Å². The van der Waals surface area contributed by atoms with Gasteiger partial charge in [0.2, 0.25) is 5.91 Å². The highest BCUT2D eigenvalue weighted by Crippen LogP contribution is 2.27. The molecule has 3 nitrogen and oxygen atoms in total. The normalized spacial score (nSPS) is 16.8. The summed E-state index contributed by atoms with van der Waals surface area (Å²) in [4.78, 5) is 13.7. The lowest BCUT2D eigenvalue weighted by Crippen LogP contribution is -2.43. The van der Waals surface area contributed by atoms with Crippen LogP contribution in [-0.2, 0) is 4.79 Å². The van der Waals surface area contributed by atoms with E-state index in [9.17, 15) is 4.79 Å². The first-order valence-corrected chi connectivity index (χ1v) is 8.74. The number of benzene rings is 2. The predicted molar refractivity (Wildman–Crippen MR) is 102 cm³/mol. The van der Waals surface area contributed by atoms with Crippen LogP contribution in [0.5, 0.6) is 0 Å². The van der Waals surface area contributed by atoms with Crippen molar-refractivity contribution in [3.8, 4) is 0 Å². The minimum atomic E-state index is 0.0519. The monoisotopic (exact) mass is 386 g/mol. The summed E-state index contributed by atoms with van der Waals surface area (Å²) in [6.07, 6.45) is 0.490. The van der Waals surface area contributed by atoms with Crippen LogP contribution in [0.15, 0.2) is 76.5 Å². The number of nitrogens with one attached hydrogen (secondary N) is 1. The molecule has 0 saturated carbocycles. The Labute approximate surface area is 152 Å². The van der Waals surface area contributed by atoms with Crippen molar-refractivity contribution < 1.29 is 4.79 Å². The van der Waals surface area contributed by atoms with E-state index in [2.05, 4.69) is 27.3 Å². The number of hydrogen-bond donors (Lipinski definition) is 1. The number of halogens is 1. The van der Waals surface area contributed by atoms with Gasteiger partial charge in [0.15, 0.2) is 0 Å². The molecule has 0 aliphatic carbocycles. The quantitative estimate of drug-likeness (QED) is 0.757. The van der Waals surface area contributed by atoms with Crippen LogP contribution in [0.4, 0.5) is 0 Å². The Kier molecular flexibility index (Phi) is 6.62. The summed E-state index contributed by atoms with van der Waals surface area (Å²) in [6, 6.07) is 20.1. The van der Waals surface area contributed by atoms with E-state index < -0.39 is 0 Å². The van der Waals surface area contributed by atoms with Gasteiger partial charge < -0.3 is 10.2 Å². The van der Waals surface area contributed by atoms with Crippen molar-refractivity contribution in [1.29, 1.82) is 0 Å². The summed E-state index contributed by atoms with van der Waals surface area (Å²) >= 11 is 3.46. The number of nitrogens with zero attached hydrogens (tertiary/aromatic N) is 1. The summed E-state index contributed by atoms with van der Waals surface area (Å²) in [5, 5.41) is 3.44. The number of carbonyl (C=O) groups is 1. The molecule has 4 heteroatoms. The fourth-order valence-electron chi connectivity index (χ4n) is 2.54. The summed E-state index contributed by atoms with van der Waals surface area (Å²) in [7, 11) is 1.81. The maximum atomic E-state index is 12.0. The lowest BCUT2D eigenvalue weighted by molar-refractivity contribution is -0.130. The van der Waals surface area contributed by atoms with Gasteiger partial charge in [-0.15, -0.1) is 0 Å². The number of hydrogen-bond acceptors (Lipinski definition) is 2. The van der Waals surface area contributed by atoms with Gasteiger partial charge in [0, 0.05) is 11.5 Å². The zero-order valence-corrected chi connectivity index (χ0v) is 15.9. The van der Waals surface area contributed by atoms with Gasteiger partial charge in [-0.05, 0) is 37.1 Å². The molecule has 2 aromatic rings. The van der Waals surface area contributed by atoms with Crippen LogP contribution in [0.2, 0.25) is 0 Å². The summed E-state index contributed by atoms with van der Waals surface area (Å²) < 4.78 is 1.03. The van der Waals surface area contributed by atoms with Crippen molar-refractivity contribution in [2.75, 3.05) is 7.05 Å². The Morgan fingerprint density at radius 3 is 2.17 bits per heavy atom. The average Bonchev–Trinajstić information content (AvgIpc) is 2.59. The second kappa shape index (κ2) is 8.69. The second-order valence-electron chi connectivity index (χ2n) is 5.91. The Morgan fingerprint density at radius 2 is 1.67 bits per heavy atom. The molecule has 0 aromatic heterocycles. The molecule has 1 N–H and O–H groups in total. The molecule has 3 rings (SSSR count). The van der Waals surface area contributed by atoms with Crippen LogP contribution in [0, 0.1) is 0 Å². The molecule has 1 aliphatic heterocycles. The third-order valence-corrected chi connectivity index (χ3v) is 4.28. The molecule has 1 atom stereocenters. The van der Waals surface area contributed by atoms with E-state index in [1.165, 1.54) is 0 Å². The van der Waals surface area contributed by atoms with Gasteiger partial charge in [-0.25, -0.2) is 0 Å². The number of carbonyl (C=O) groups excluding carboxylic acids is 1. The third kappa shape index (κ3) is 4.96. The van der Waals surface area contributed by atoms with Crippen LogP contribution in [0.1, 0.15) is 31.9 Å². The van der Waals surface area contributed by atoms with E-state index in [4.69, 9.17) is 0 Å². The summed E-state index contributed by atoms with van der Waals surface area (Å²) in [5.74, 6) is 1.06. The van der Waals surface area contributed by atoms with Crippen LogP contribution in [0.25, 0.3) is 0 Å².